The van der Waals surface area contributed by atoms with Gasteiger partial charge in [-0.2, -0.15) is 0 Å². The number of hydrogen-bond donors (Lipinski definition) is 2. The van der Waals surface area contributed by atoms with Crippen LogP contribution >= 0.6 is 0 Å². The van der Waals surface area contributed by atoms with E-state index in [0.29, 0.717) is 18.5 Å². The van der Waals surface area contributed by atoms with E-state index < -0.39 is 5.72 Å². The molecule has 1 unspecified atom stereocenters. The standard InChI is InChI=1S/C25H32N4O2/c1-4-5-11-25(31,27-24(30)19-8-12-26-13-9-19)17-29-22-7-6-18(2)15-21(22)20-10-14-28(3)16-23(20)29/h6-9,12-13,15,31H,4-5,10-11,14,16-17H2,1-3H3,(H,27,30). The minimum atomic E-state index is -1.34. The van der Waals surface area contributed by atoms with Crippen molar-refractivity contribution < 1.29 is 9.90 Å². The van der Waals surface area contributed by atoms with Crippen molar-refractivity contribution in [3.63, 3.8) is 0 Å². The number of aromatic nitrogens is 2. The van der Waals surface area contributed by atoms with Gasteiger partial charge in [-0.25, -0.2) is 0 Å². The number of aryl methyl sites for hydroxylation is 1. The molecule has 6 heteroatoms. The summed E-state index contributed by atoms with van der Waals surface area (Å²) >= 11 is 0. The number of unbranched alkanes of at least 4 members (excludes halogenated alkanes) is 1. The average Bonchev–Trinajstić information content (AvgIpc) is 3.04. The van der Waals surface area contributed by atoms with Crippen LogP contribution < -0.4 is 5.32 Å². The number of benzene rings is 1. The van der Waals surface area contributed by atoms with E-state index in [1.54, 1.807) is 24.5 Å². The Labute approximate surface area is 183 Å². The summed E-state index contributed by atoms with van der Waals surface area (Å²) in [5.41, 5.74) is 4.13. The second-order valence-corrected chi connectivity index (χ2v) is 8.84. The number of nitrogens with zero attached hydrogens (tertiary/aromatic N) is 3. The minimum absolute atomic E-state index is 0.278. The molecule has 1 amide bonds. The van der Waals surface area contributed by atoms with Gasteiger partial charge in [0.25, 0.3) is 5.91 Å². The lowest BCUT2D eigenvalue weighted by atomic mass is 10.0. The van der Waals surface area contributed by atoms with Gasteiger partial charge in [0.05, 0.1) is 6.54 Å². The Kier molecular flexibility index (Phi) is 6.12. The summed E-state index contributed by atoms with van der Waals surface area (Å²) in [5.74, 6) is -0.278. The van der Waals surface area contributed by atoms with E-state index in [1.807, 2.05) is 0 Å². The molecule has 2 N–H and O–H groups in total. The predicted octanol–water partition coefficient (Wildman–Crippen LogP) is 3.64. The Morgan fingerprint density at radius 2 is 2.03 bits per heavy atom. The summed E-state index contributed by atoms with van der Waals surface area (Å²) in [6.45, 7) is 6.40. The van der Waals surface area contributed by atoms with Crippen molar-refractivity contribution >= 4 is 16.8 Å². The maximum atomic E-state index is 12.9. The van der Waals surface area contributed by atoms with Gasteiger partial charge in [-0.3, -0.25) is 9.78 Å². The number of amides is 1. The summed E-state index contributed by atoms with van der Waals surface area (Å²) in [5, 5.41) is 15.8. The van der Waals surface area contributed by atoms with E-state index in [9.17, 15) is 9.90 Å². The molecule has 0 saturated heterocycles. The Balaban J connectivity index is 1.73. The van der Waals surface area contributed by atoms with E-state index in [-0.39, 0.29) is 5.91 Å². The molecule has 1 atom stereocenters. The van der Waals surface area contributed by atoms with E-state index in [1.165, 1.54) is 22.2 Å². The number of likely N-dealkylation sites (N-methyl/N-ethyl adjacent to an activating group) is 1. The molecule has 4 rings (SSSR count). The molecule has 1 aliphatic heterocycles. The smallest absolute Gasteiger partial charge is 0.253 e. The van der Waals surface area contributed by atoms with Crippen LogP contribution in [-0.4, -0.2) is 44.8 Å². The highest BCUT2D eigenvalue weighted by molar-refractivity contribution is 5.94. The quantitative estimate of drug-likeness (QED) is 0.573. The molecular weight excluding hydrogens is 388 g/mol. The number of nitrogens with one attached hydrogen (secondary N) is 1. The van der Waals surface area contributed by atoms with Gasteiger partial charge in [-0.15, -0.1) is 0 Å². The fraction of sp³-hybridized carbons (Fsp3) is 0.440. The summed E-state index contributed by atoms with van der Waals surface area (Å²) in [4.78, 5) is 19.2. The first kappa shape index (κ1) is 21.5. The highest BCUT2D eigenvalue weighted by Gasteiger charge is 2.32. The molecule has 164 valence electrons. The van der Waals surface area contributed by atoms with Gasteiger partial charge in [0.2, 0.25) is 0 Å². The Morgan fingerprint density at radius 3 is 2.77 bits per heavy atom. The first-order valence-electron chi connectivity index (χ1n) is 11.1. The Morgan fingerprint density at radius 1 is 1.26 bits per heavy atom. The van der Waals surface area contributed by atoms with Crippen LogP contribution in [0.25, 0.3) is 10.9 Å². The van der Waals surface area contributed by atoms with Crippen LogP contribution in [0, 0.1) is 6.92 Å². The molecule has 0 aliphatic carbocycles. The van der Waals surface area contributed by atoms with Crippen molar-refractivity contribution in [3.8, 4) is 0 Å². The van der Waals surface area contributed by atoms with Crippen LogP contribution in [0.15, 0.2) is 42.7 Å². The molecule has 3 heterocycles. The third kappa shape index (κ3) is 4.50. The Hall–Kier alpha value is -2.70. The highest BCUT2D eigenvalue weighted by atomic mass is 16.3. The molecule has 0 bridgehead atoms. The molecule has 1 aromatic carbocycles. The molecule has 1 aliphatic rings. The molecule has 31 heavy (non-hydrogen) atoms. The number of rotatable bonds is 7. The zero-order chi connectivity index (χ0) is 22.0. The molecular formula is C25H32N4O2. The third-order valence-electron chi connectivity index (χ3n) is 6.26. The first-order chi connectivity index (χ1) is 14.9. The predicted molar refractivity (Wildman–Crippen MR) is 123 cm³/mol. The van der Waals surface area contributed by atoms with Crippen LogP contribution in [0.2, 0.25) is 0 Å². The largest absolute Gasteiger partial charge is 0.369 e. The zero-order valence-corrected chi connectivity index (χ0v) is 18.7. The molecule has 0 spiro atoms. The van der Waals surface area contributed by atoms with Crippen molar-refractivity contribution in [2.75, 3.05) is 13.6 Å². The molecule has 3 aromatic rings. The van der Waals surface area contributed by atoms with Crippen LogP contribution in [0.4, 0.5) is 0 Å². The number of fused-ring (bicyclic) bond motifs is 3. The van der Waals surface area contributed by atoms with Crippen molar-refractivity contribution in [3.05, 3.63) is 65.1 Å². The summed E-state index contributed by atoms with van der Waals surface area (Å²) in [7, 11) is 2.13. The van der Waals surface area contributed by atoms with Crippen LogP contribution in [0.1, 0.15) is 53.4 Å². The van der Waals surface area contributed by atoms with Crippen LogP contribution in [0.5, 0.6) is 0 Å². The number of carbonyl (C=O) groups excluding carboxylic acids is 1. The van der Waals surface area contributed by atoms with Gasteiger partial charge < -0.3 is 19.9 Å². The summed E-state index contributed by atoms with van der Waals surface area (Å²) in [6.07, 6.45) is 6.45. The normalized spacial score (nSPS) is 16.1. The van der Waals surface area contributed by atoms with Gasteiger partial charge in [0.15, 0.2) is 5.72 Å². The fourth-order valence-corrected chi connectivity index (χ4v) is 4.57. The molecule has 2 aromatic heterocycles. The number of hydrogen-bond acceptors (Lipinski definition) is 4. The van der Waals surface area contributed by atoms with E-state index in [2.05, 4.69) is 58.9 Å². The lowest BCUT2D eigenvalue weighted by Crippen LogP contribution is -2.51. The molecule has 0 fully saturated rings. The number of aliphatic hydroxyl groups is 1. The first-order valence-corrected chi connectivity index (χ1v) is 11.1. The Bertz CT molecular complexity index is 1080. The minimum Gasteiger partial charge on any atom is -0.369 e. The molecule has 6 nitrogen and oxygen atoms in total. The van der Waals surface area contributed by atoms with E-state index >= 15 is 0 Å². The SMILES string of the molecule is CCCCC(O)(Cn1c2c(c3cc(C)ccc31)CCN(C)C2)NC(=O)c1ccncc1. The third-order valence-corrected chi connectivity index (χ3v) is 6.26. The number of pyridine rings is 1. The summed E-state index contributed by atoms with van der Waals surface area (Å²) < 4.78 is 2.22. The average molecular weight is 421 g/mol. The monoisotopic (exact) mass is 420 g/mol. The maximum absolute atomic E-state index is 12.9. The highest BCUT2D eigenvalue weighted by Crippen LogP contribution is 2.33. The van der Waals surface area contributed by atoms with Gasteiger partial charge in [0.1, 0.15) is 0 Å². The van der Waals surface area contributed by atoms with Gasteiger partial charge >= 0.3 is 0 Å². The maximum Gasteiger partial charge on any atom is 0.253 e. The van der Waals surface area contributed by atoms with Crippen molar-refractivity contribution in [2.45, 2.75) is 58.3 Å². The molecule has 0 radical (unpaired) electrons. The summed E-state index contributed by atoms with van der Waals surface area (Å²) in [6, 6.07) is 9.85. The number of carbonyl (C=O) groups is 1. The van der Waals surface area contributed by atoms with E-state index in [0.717, 1.165) is 37.9 Å². The van der Waals surface area contributed by atoms with Crippen LogP contribution in [-0.2, 0) is 19.5 Å². The van der Waals surface area contributed by atoms with Gasteiger partial charge in [0, 0.05) is 47.6 Å². The lowest BCUT2D eigenvalue weighted by Gasteiger charge is -2.32. The van der Waals surface area contributed by atoms with E-state index in [4.69, 9.17) is 0 Å². The molecule has 0 saturated carbocycles. The van der Waals surface area contributed by atoms with Gasteiger partial charge in [-0.1, -0.05) is 25.0 Å². The van der Waals surface area contributed by atoms with Gasteiger partial charge in [-0.05, 0) is 63.1 Å². The fourth-order valence-electron chi connectivity index (χ4n) is 4.57. The second kappa shape index (κ2) is 8.81. The lowest BCUT2D eigenvalue weighted by molar-refractivity contribution is -0.0154. The van der Waals surface area contributed by atoms with Crippen molar-refractivity contribution in [1.82, 2.24) is 19.8 Å². The zero-order valence-electron chi connectivity index (χ0n) is 18.7. The topological polar surface area (TPSA) is 70.4 Å². The second-order valence-electron chi connectivity index (χ2n) is 8.84. The van der Waals surface area contributed by atoms with Crippen molar-refractivity contribution in [2.24, 2.45) is 0 Å². The van der Waals surface area contributed by atoms with Crippen molar-refractivity contribution in [1.29, 1.82) is 0 Å². The van der Waals surface area contributed by atoms with Crippen LogP contribution in [0.3, 0.4) is 0 Å².